The molecule has 1 aromatic heterocycles. The van der Waals surface area contributed by atoms with E-state index in [9.17, 15) is 4.79 Å². The van der Waals surface area contributed by atoms with Crippen molar-refractivity contribution in [1.29, 1.82) is 0 Å². The Kier molecular flexibility index (Phi) is 3.42. The van der Waals surface area contributed by atoms with E-state index in [0.29, 0.717) is 0 Å². The van der Waals surface area contributed by atoms with Crippen molar-refractivity contribution in [2.75, 3.05) is 0 Å². The standard InChI is InChI=1S/C10H11N3OS2/c1-6(9(14)13-11)15-10-12-7-4-2-3-5-8(7)16-10/h2-6H,11H2,1H3,(H,13,14)/t6-/m0/s1. The molecular weight excluding hydrogens is 242 g/mol. The van der Waals surface area contributed by atoms with E-state index in [1.807, 2.05) is 24.3 Å². The number of nitrogens with two attached hydrogens (primary N) is 1. The molecule has 3 N–H and O–H groups in total. The van der Waals surface area contributed by atoms with Gasteiger partial charge in [0.1, 0.15) is 0 Å². The van der Waals surface area contributed by atoms with E-state index in [1.165, 1.54) is 11.8 Å². The highest BCUT2D eigenvalue weighted by Crippen LogP contribution is 2.31. The molecule has 1 heterocycles. The van der Waals surface area contributed by atoms with Gasteiger partial charge in [0.2, 0.25) is 5.91 Å². The average Bonchev–Trinajstić information content (AvgIpc) is 2.69. The van der Waals surface area contributed by atoms with E-state index in [4.69, 9.17) is 5.84 Å². The SMILES string of the molecule is C[C@H](Sc1nc2ccccc2s1)C(=O)NN. The lowest BCUT2D eigenvalue weighted by atomic mass is 10.3. The van der Waals surface area contributed by atoms with Gasteiger partial charge in [0, 0.05) is 0 Å². The van der Waals surface area contributed by atoms with Crippen LogP contribution in [0.4, 0.5) is 0 Å². The van der Waals surface area contributed by atoms with Gasteiger partial charge in [-0.15, -0.1) is 11.3 Å². The first-order valence-electron chi connectivity index (χ1n) is 4.73. The van der Waals surface area contributed by atoms with Crippen LogP contribution in [0.15, 0.2) is 28.6 Å². The maximum Gasteiger partial charge on any atom is 0.247 e. The third kappa shape index (κ3) is 2.34. The number of thiazole rings is 1. The number of hydrogen-bond donors (Lipinski definition) is 2. The van der Waals surface area contributed by atoms with E-state index in [0.717, 1.165) is 14.6 Å². The van der Waals surface area contributed by atoms with Gasteiger partial charge in [-0.05, 0) is 19.1 Å². The molecule has 0 bridgehead atoms. The summed E-state index contributed by atoms with van der Waals surface area (Å²) in [6, 6.07) is 7.91. The van der Waals surface area contributed by atoms with Crippen LogP contribution in [0.25, 0.3) is 10.2 Å². The zero-order chi connectivity index (χ0) is 11.5. The minimum Gasteiger partial charge on any atom is -0.293 e. The van der Waals surface area contributed by atoms with E-state index in [2.05, 4.69) is 10.4 Å². The molecule has 16 heavy (non-hydrogen) atoms. The molecule has 0 saturated carbocycles. The summed E-state index contributed by atoms with van der Waals surface area (Å²) >= 11 is 3.00. The van der Waals surface area contributed by atoms with Crippen LogP contribution in [0.2, 0.25) is 0 Å². The van der Waals surface area contributed by atoms with Crippen LogP contribution in [-0.2, 0) is 4.79 Å². The van der Waals surface area contributed by atoms with Crippen LogP contribution in [0, 0.1) is 0 Å². The zero-order valence-electron chi connectivity index (χ0n) is 8.64. The minimum atomic E-state index is -0.231. The van der Waals surface area contributed by atoms with Crippen molar-refractivity contribution in [2.45, 2.75) is 16.5 Å². The van der Waals surface area contributed by atoms with Crippen molar-refractivity contribution in [1.82, 2.24) is 10.4 Å². The van der Waals surface area contributed by atoms with Crippen LogP contribution in [0.1, 0.15) is 6.92 Å². The normalized spacial score (nSPS) is 12.6. The Morgan fingerprint density at radius 2 is 2.31 bits per heavy atom. The number of nitrogens with zero attached hydrogens (tertiary/aromatic N) is 1. The lowest BCUT2D eigenvalue weighted by Gasteiger charge is -2.05. The predicted octanol–water partition coefficient (Wildman–Crippen LogP) is 1.77. The number of aromatic nitrogens is 1. The first kappa shape index (κ1) is 11.4. The molecular formula is C10H11N3OS2. The molecule has 1 atom stereocenters. The molecule has 1 aromatic carbocycles. The molecule has 0 aliphatic carbocycles. The summed E-state index contributed by atoms with van der Waals surface area (Å²) in [6.45, 7) is 1.80. The Morgan fingerprint density at radius 3 is 3.00 bits per heavy atom. The number of para-hydroxylation sites is 1. The minimum absolute atomic E-state index is 0.191. The smallest absolute Gasteiger partial charge is 0.247 e. The number of amides is 1. The van der Waals surface area contributed by atoms with E-state index in [-0.39, 0.29) is 11.2 Å². The summed E-state index contributed by atoms with van der Waals surface area (Å²) in [5.74, 6) is 4.88. The van der Waals surface area contributed by atoms with Gasteiger partial charge in [0.15, 0.2) is 4.34 Å². The lowest BCUT2D eigenvalue weighted by Crippen LogP contribution is -2.36. The first-order chi connectivity index (χ1) is 7.70. The van der Waals surface area contributed by atoms with E-state index >= 15 is 0 Å². The van der Waals surface area contributed by atoms with Crippen molar-refractivity contribution in [3.8, 4) is 0 Å². The van der Waals surface area contributed by atoms with Gasteiger partial charge in [0.25, 0.3) is 0 Å². The summed E-state index contributed by atoms with van der Waals surface area (Å²) in [6.07, 6.45) is 0. The van der Waals surface area contributed by atoms with Crippen LogP contribution < -0.4 is 11.3 Å². The highest BCUT2D eigenvalue weighted by molar-refractivity contribution is 8.02. The second-order valence-corrected chi connectivity index (χ2v) is 5.83. The predicted molar refractivity (Wildman–Crippen MR) is 67.3 cm³/mol. The number of thioether (sulfide) groups is 1. The van der Waals surface area contributed by atoms with Crippen LogP contribution in [-0.4, -0.2) is 16.1 Å². The van der Waals surface area contributed by atoms with Gasteiger partial charge in [-0.25, -0.2) is 10.8 Å². The van der Waals surface area contributed by atoms with Gasteiger partial charge in [0.05, 0.1) is 15.5 Å². The number of nitrogens with one attached hydrogen (secondary N) is 1. The number of hydrazine groups is 1. The molecule has 0 spiro atoms. The number of fused-ring (bicyclic) bond motifs is 1. The number of carbonyl (C=O) groups excluding carboxylic acids is 1. The summed E-state index contributed by atoms with van der Waals surface area (Å²) < 4.78 is 2.02. The molecule has 0 aliphatic rings. The van der Waals surface area contributed by atoms with E-state index in [1.54, 1.807) is 18.3 Å². The second kappa shape index (κ2) is 4.82. The maximum atomic E-state index is 11.3. The molecule has 4 nitrogen and oxygen atoms in total. The molecule has 0 aliphatic heterocycles. The van der Waals surface area contributed by atoms with Gasteiger partial charge in [-0.3, -0.25) is 10.2 Å². The molecule has 0 fully saturated rings. The van der Waals surface area contributed by atoms with E-state index < -0.39 is 0 Å². The number of benzene rings is 1. The molecule has 84 valence electrons. The van der Waals surface area contributed by atoms with Gasteiger partial charge in [-0.2, -0.15) is 0 Å². The van der Waals surface area contributed by atoms with Crippen molar-refractivity contribution >= 4 is 39.2 Å². The van der Waals surface area contributed by atoms with Crippen LogP contribution in [0.3, 0.4) is 0 Å². The van der Waals surface area contributed by atoms with Gasteiger partial charge < -0.3 is 0 Å². The summed E-state index contributed by atoms with van der Waals surface area (Å²) in [5, 5.41) is -0.231. The summed E-state index contributed by atoms with van der Waals surface area (Å²) in [4.78, 5) is 15.7. The molecule has 0 radical (unpaired) electrons. The molecule has 2 rings (SSSR count). The molecule has 6 heteroatoms. The highest BCUT2D eigenvalue weighted by atomic mass is 32.2. The highest BCUT2D eigenvalue weighted by Gasteiger charge is 2.15. The van der Waals surface area contributed by atoms with Gasteiger partial charge in [-0.1, -0.05) is 23.9 Å². The fraction of sp³-hybridized carbons (Fsp3) is 0.200. The Bertz CT molecular complexity index is 478. The molecule has 2 aromatic rings. The third-order valence-electron chi connectivity index (χ3n) is 2.06. The summed E-state index contributed by atoms with van der Waals surface area (Å²) in [5.41, 5.74) is 3.10. The fourth-order valence-electron chi connectivity index (χ4n) is 1.22. The number of carbonyl (C=O) groups is 1. The lowest BCUT2D eigenvalue weighted by molar-refractivity contribution is -0.120. The van der Waals surface area contributed by atoms with Gasteiger partial charge >= 0.3 is 0 Å². The monoisotopic (exact) mass is 253 g/mol. The van der Waals surface area contributed by atoms with Crippen LogP contribution >= 0.6 is 23.1 Å². The quantitative estimate of drug-likeness (QED) is 0.378. The summed E-state index contributed by atoms with van der Waals surface area (Å²) in [7, 11) is 0. The maximum absolute atomic E-state index is 11.3. The van der Waals surface area contributed by atoms with Crippen molar-refractivity contribution in [3.05, 3.63) is 24.3 Å². The topological polar surface area (TPSA) is 68.0 Å². The molecule has 0 saturated heterocycles. The largest absolute Gasteiger partial charge is 0.293 e. The Labute approximate surface area is 101 Å². The van der Waals surface area contributed by atoms with Crippen molar-refractivity contribution < 1.29 is 4.79 Å². The fourth-order valence-corrected chi connectivity index (χ4v) is 3.44. The first-order valence-corrected chi connectivity index (χ1v) is 6.43. The average molecular weight is 253 g/mol. The van der Waals surface area contributed by atoms with Crippen molar-refractivity contribution in [2.24, 2.45) is 5.84 Å². The van der Waals surface area contributed by atoms with Crippen LogP contribution in [0.5, 0.6) is 0 Å². The Morgan fingerprint density at radius 1 is 1.56 bits per heavy atom. The number of rotatable bonds is 3. The third-order valence-corrected chi connectivity index (χ3v) is 4.29. The van der Waals surface area contributed by atoms with Crippen molar-refractivity contribution in [3.63, 3.8) is 0 Å². The Balaban J connectivity index is 2.18. The molecule has 1 amide bonds. The zero-order valence-corrected chi connectivity index (χ0v) is 10.3. The number of hydrogen-bond acceptors (Lipinski definition) is 5. The molecule has 0 unspecified atom stereocenters. The second-order valence-electron chi connectivity index (χ2n) is 3.22. The Hall–Kier alpha value is -1.11.